The van der Waals surface area contributed by atoms with Crippen LogP contribution in [0.5, 0.6) is 0 Å². The Morgan fingerprint density at radius 3 is 3.00 bits per heavy atom. The van der Waals surface area contributed by atoms with E-state index in [1.165, 1.54) is 37.9 Å². The third-order valence-electron chi connectivity index (χ3n) is 4.72. The number of nitrogens with one attached hydrogen (secondary N) is 1. The van der Waals surface area contributed by atoms with Gasteiger partial charge in [-0.05, 0) is 44.0 Å². The largest absolute Gasteiger partial charge is 0.373 e. The molecular weight excluding hydrogens is 236 g/mol. The fraction of sp³-hybridized carbons (Fsp3) is 0.667. The van der Waals surface area contributed by atoms with Gasteiger partial charge in [0.05, 0.1) is 0 Å². The van der Waals surface area contributed by atoms with Crippen LogP contribution >= 0.6 is 0 Å². The number of likely N-dealkylation sites (tertiary alicyclic amines) is 1. The van der Waals surface area contributed by atoms with Gasteiger partial charge < -0.3 is 5.32 Å². The van der Waals surface area contributed by atoms with Gasteiger partial charge in [-0.15, -0.1) is 0 Å². The van der Waals surface area contributed by atoms with Crippen molar-refractivity contribution in [1.82, 2.24) is 14.8 Å². The lowest BCUT2D eigenvalue weighted by atomic mass is 10.1. The van der Waals surface area contributed by atoms with Gasteiger partial charge in [0.15, 0.2) is 0 Å². The van der Waals surface area contributed by atoms with Gasteiger partial charge in [0.2, 0.25) is 0 Å². The fourth-order valence-corrected chi connectivity index (χ4v) is 3.49. The molecule has 0 spiro atoms. The first-order valence-corrected chi connectivity index (χ1v) is 7.33. The van der Waals surface area contributed by atoms with E-state index in [1.54, 1.807) is 0 Å². The highest BCUT2D eigenvalue weighted by molar-refractivity contribution is 5.36. The minimum absolute atomic E-state index is 0.762. The number of nitrogens with zero attached hydrogens (tertiary/aromatic N) is 3. The van der Waals surface area contributed by atoms with Gasteiger partial charge in [-0.3, -0.25) is 9.80 Å². The molecule has 19 heavy (non-hydrogen) atoms. The lowest BCUT2D eigenvalue weighted by molar-refractivity contribution is 0.214. The van der Waals surface area contributed by atoms with Crippen LogP contribution in [-0.2, 0) is 6.54 Å². The van der Waals surface area contributed by atoms with Gasteiger partial charge in [-0.25, -0.2) is 4.98 Å². The van der Waals surface area contributed by atoms with Crippen molar-refractivity contribution < 1.29 is 0 Å². The van der Waals surface area contributed by atoms with E-state index in [-0.39, 0.29) is 0 Å². The molecule has 3 rings (SSSR count). The summed E-state index contributed by atoms with van der Waals surface area (Å²) in [5.74, 6) is 0.964. The van der Waals surface area contributed by atoms with Crippen LogP contribution in [-0.4, -0.2) is 54.1 Å². The molecule has 4 nitrogen and oxygen atoms in total. The summed E-state index contributed by atoms with van der Waals surface area (Å²) in [5.41, 5.74) is 1.36. The van der Waals surface area contributed by atoms with Crippen molar-refractivity contribution in [2.45, 2.75) is 37.9 Å². The molecule has 4 heteroatoms. The van der Waals surface area contributed by atoms with Gasteiger partial charge in [-0.1, -0.05) is 0 Å². The number of pyridine rings is 1. The van der Waals surface area contributed by atoms with Crippen LogP contribution in [0, 0.1) is 0 Å². The van der Waals surface area contributed by atoms with E-state index in [2.05, 4.69) is 39.3 Å². The lowest BCUT2D eigenvalue weighted by Gasteiger charge is -2.25. The fourth-order valence-electron chi connectivity index (χ4n) is 3.49. The van der Waals surface area contributed by atoms with Gasteiger partial charge in [0, 0.05) is 45.0 Å². The van der Waals surface area contributed by atoms with Crippen LogP contribution in [0.2, 0.25) is 0 Å². The van der Waals surface area contributed by atoms with E-state index in [9.17, 15) is 0 Å². The number of hydrogen-bond donors (Lipinski definition) is 1. The maximum atomic E-state index is 4.28. The predicted octanol–water partition coefficient (Wildman–Crippen LogP) is 1.79. The molecule has 1 aromatic rings. The average molecular weight is 260 g/mol. The lowest BCUT2D eigenvalue weighted by Crippen LogP contribution is -2.36. The average Bonchev–Trinajstić information content (AvgIpc) is 2.67. The van der Waals surface area contributed by atoms with E-state index in [4.69, 9.17) is 0 Å². The van der Waals surface area contributed by atoms with Gasteiger partial charge in [-0.2, -0.15) is 0 Å². The summed E-state index contributed by atoms with van der Waals surface area (Å²) in [5, 5.41) is 3.11. The second-order valence-electron chi connectivity index (χ2n) is 5.87. The number of fused-ring (bicyclic) bond motifs is 2. The summed E-state index contributed by atoms with van der Waals surface area (Å²) in [6, 6.07) is 5.87. The Morgan fingerprint density at radius 2 is 2.16 bits per heavy atom. The molecule has 2 saturated heterocycles. The summed E-state index contributed by atoms with van der Waals surface area (Å²) >= 11 is 0. The van der Waals surface area contributed by atoms with E-state index in [0.29, 0.717) is 0 Å². The first-order valence-electron chi connectivity index (χ1n) is 7.33. The van der Waals surface area contributed by atoms with Crippen LogP contribution in [0.1, 0.15) is 24.8 Å². The maximum absolute atomic E-state index is 4.28. The Kier molecular flexibility index (Phi) is 3.71. The highest BCUT2D eigenvalue weighted by atomic mass is 15.3. The Bertz CT molecular complexity index is 434. The first-order chi connectivity index (χ1) is 9.26. The van der Waals surface area contributed by atoms with Crippen molar-refractivity contribution in [2.75, 3.05) is 32.5 Å². The number of rotatable bonds is 3. The molecule has 2 unspecified atom stereocenters. The smallest absolute Gasteiger partial charge is 0.125 e. The number of hydrogen-bond acceptors (Lipinski definition) is 4. The molecule has 2 fully saturated rings. The molecule has 2 atom stereocenters. The molecule has 0 radical (unpaired) electrons. The quantitative estimate of drug-likeness (QED) is 0.898. The third-order valence-corrected chi connectivity index (χ3v) is 4.72. The summed E-state index contributed by atoms with van der Waals surface area (Å²) in [6.45, 7) is 3.49. The van der Waals surface area contributed by atoms with Gasteiger partial charge in [0.1, 0.15) is 5.82 Å². The van der Waals surface area contributed by atoms with E-state index in [0.717, 1.165) is 24.4 Å². The molecule has 2 bridgehead atoms. The van der Waals surface area contributed by atoms with Crippen LogP contribution in [0.3, 0.4) is 0 Å². The Hall–Kier alpha value is -1.13. The van der Waals surface area contributed by atoms with Crippen molar-refractivity contribution in [3.05, 3.63) is 23.9 Å². The number of aromatic nitrogens is 1. The Balaban J connectivity index is 1.66. The molecule has 2 aliphatic rings. The molecule has 2 aliphatic heterocycles. The van der Waals surface area contributed by atoms with Crippen molar-refractivity contribution in [1.29, 1.82) is 0 Å². The Morgan fingerprint density at radius 1 is 1.32 bits per heavy atom. The first kappa shape index (κ1) is 12.9. The molecular formula is C15H24N4. The van der Waals surface area contributed by atoms with Crippen molar-refractivity contribution in [3.8, 4) is 0 Å². The van der Waals surface area contributed by atoms with Crippen LogP contribution in [0.25, 0.3) is 0 Å². The van der Waals surface area contributed by atoms with Crippen LogP contribution in [0.15, 0.2) is 18.3 Å². The van der Waals surface area contributed by atoms with Crippen molar-refractivity contribution in [2.24, 2.45) is 0 Å². The van der Waals surface area contributed by atoms with Crippen molar-refractivity contribution in [3.63, 3.8) is 0 Å². The van der Waals surface area contributed by atoms with E-state index >= 15 is 0 Å². The second kappa shape index (κ2) is 5.47. The molecule has 0 amide bonds. The molecule has 0 aromatic carbocycles. The third kappa shape index (κ3) is 2.74. The topological polar surface area (TPSA) is 31.4 Å². The maximum Gasteiger partial charge on any atom is 0.125 e. The number of anilines is 1. The monoisotopic (exact) mass is 260 g/mol. The highest BCUT2D eigenvalue weighted by Gasteiger charge is 2.34. The molecule has 0 aliphatic carbocycles. The zero-order valence-electron chi connectivity index (χ0n) is 12.0. The van der Waals surface area contributed by atoms with Crippen LogP contribution < -0.4 is 5.32 Å². The van der Waals surface area contributed by atoms with Gasteiger partial charge >= 0.3 is 0 Å². The summed E-state index contributed by atoms with van der Waals surface area (Å²) in [6.07, 6.45) is 5.98. The van der Waals surface area contributed by atoms with Gasteiger partial charge in [0.25, 0.3) is 0 Å². The minimum atomic E-state index is 0.762. The standard InChI is InChI=1S/C15H24N4/c1-16-15-9-12(5-7-17-15)10-19-8-6-13-3-4-14(11-19)18(13)2/h5,7,9,13-14H,3-4,6,8,10-11H2,1-2H3,(H,16,17). The highest BCUT2D eigenvalue weighted by Crippen LogP contribution is 2.29. The van der Waals surface area contributed by atoms with Crippen molar-refractivity contribution >= 4 is 5.82 Å². The Labute approximate surface area is 115 Å². The molecule has 3 heterocycles. The second-order valence-corrected chi connectivity index (χ2v) is 5.87. The SMILES string of the molecule is CNc1cc(CN2CCC3CCC(C2)N3C)ccn1. The van der Waals surface area contributed by atoms with E-state index < -0.39 is 0 Å². The summed E-state index contributed by atoms with van der Waals surface area (Å²) in [4.78, 5) is 9.49. The van der Waals surface area contributed by atoms with E-state index in [1.807, 2.05) is 13.2 Å². The molecule has 104 valence electrons. The zero-order valence-corrected chi connectivity index (χ0v) is 12.0. The zero-order chi connectivity index (χ0) is 13.2. The normalized spacial score (nSPS) is 28.3. The summed E-state index contributed by atoms with van der Waals surface area (Å²) < 4.78 is 0. The molecule has 1 aromatic heterocycles. The molecule has 0 saturated carbocycles. The minimum Gasteiger partial charge on any atom is -0.373 e. The number of likely N-dealkylation sites (N-methyl/N-ethyl adjacent to an activating group) is 1. The molecule has 1 N–H and O–H groups in total. The van der Waals surface area contributed by atoms with Crippen LogP contribution in [0.4, 0.5) is 5.82 Å². The predicted molar refractivity (Wildman–Crippen MR) is 78.3 cm³/mol. The summed E-state index contributed by atoms with van der Waals surface area (Å²) in [7, 11) is 4.23.